The maximum Gasteiger partial charge on any atom is 0.159 e. The molecule has 106 valence electrons. The second-order valence-electron chi connectivity index (χ2n) is 4.73. The molecule has 0 aromatic heterocycles. The third kappa shape index (κ3) is 4.32. The van der Waals surface area contributed by atoms with E-state index in [9.17, 15) is 13.9 Å². The van der Waals surface area contributed by atoms with Crippen molar-refractivity contribution in [1.29, 1.82) is 0 Å². The minimum atomic E-state index is -0.874. The molecule has 2 aromatic carbocycles. The summed E-state index contributed by atoms with van der Waals surface area (Å²) in [5, 5.41) is 9.94. The number of aliphatic hydroxyl groups is 1. The quantitative estimate of drug-likeness (QED) is 0.842. The van der Waals surface area contributed by atoms with Crippen LogP contribution in [0.5, 0.6) is 0 Å². The molecule has 0 aliphatic heterocycles. The Labute approximate surface area is 121 Å². The van der Waals surface area contributed by atoms with Crippen LogP contribution >= 0.6 is 11.8 Å². The molecule has 4 heteroatoms. The third-order valence-electron chi connectivity index (χ3n) is 2.92. The van der Waals surface area contributed by atoms with Crippen LogP contribution in [0.2, 0.25) is 0 Å². The van der Waals surface area contributed by atoms with E-state index in [2.05, 4.69) is 0 Å². The summed E-state index contributed by atoms with van der Waals surface area (Å²) in [6, 6.07) is 11.8. The Morgan fingerprint density at radius 1 is 1.05 bits per heavy atom. The zero-order valence-corrected chi connectivity index (χ0v) is 12.0. The molecule has 1 N–H and O–H groups in total. The van der Waals surface area contributed by atoms with Gasteiger partial charge in [0.15, 0.2) is 11.6 Å². The summed E-state index contributed by atoms with van der Waals surface area (Å²) in [4.78, 5) is 1.08. The summed E-state index contributed by atoms with van der Waals surface area (Å²) in [5.74, 6) is -1.22. The van der Waals surface area contributed by atoms with E-state index in [0.717, 1.165) is 17.0 Å². The van der Waals surface area contributed by atoms with Crippen LogP contribution in [-0.2, 0) is 6.42 Å². The molecule has 0 aliphatic carbocycles. The van der Waals surface area contributed by atoms with Gasteiger partial charge < -0.3 is 5.11 Å². The molecule has 20 heavy (non-hydrogen) atoms. The first-order valence-electron chi connectivity index (χ1n) is 6.36. The number of benzene rings is 2. The molecule has 0 heterocycles. The summed E-state index contributed by atoms with van der Waals surface area (Å²) in [6.45, 7) is 2.02. The van der Waals surface area contributed by atoms with Gasteiger partial charge in [-0.25, -0.2) is 8.78 Å². The molecule has 2 aromatic rings. The zero-order valence-electron chi connectivity index (χ0n) is 11.1. The van der Waals surface area contributed by atoms with Gasteiger partial charge in [0.05, 0.1) is 6.10 Å². The highest BCUT2D eigenvalue weighted by molar-refractivity contribution is 7.99. The average Bonchev–Trinajstić information content (AvgIpc) is 2.42. The topological polar surface area (TPSA) is 20.2 Å². The first-order valence-corrected chi connectivity index (χ1v) is 7.34. The van der Waals surface area contributed by atoms with E-state index < -0.39 is 17.7 Å². The van der Waals surface area contributed by atoms with Crippen LogP contribution in [-0.4, -0.2) is 17.0 Å². The van der Waals surface area contributed by atoms with E-state index in [1.54, 1.807) is 11.8 Å². The van der Waals surface area contributed by atoms with Crippen molar-refractivity contribution >= 4 is 11.8 Å². The van der Waals surface area contributed by atoms with Crippen molar-refractivity contribution in [2.75, 3.05) is 5.75 Å². The monoisotopic (exact) mass is 294 g/mol. The normalized spacial score (nSPS) is 12.4. The lowest BCUT2D eigenvalue weighted by molar-refractivity contribution is 0.200. The lowest BCUT2D eigenvalue weighted by Gasteiger charge is -2.10. The van der Waals surface area contributed by atoms with Crippen molar-refractivity contribution in [1.82, 2.24) is 0 Å². The molecule has 0 fully saturated rings. The second kappa shape index (κ2) is 6.86. The van der Waals surface area contributed by atoms with Crippen LogP contribution < -0.4 is 0 Å². The molecule has 0 saturated carbocycles. The van der Waals surface area contributed by atoms with Crippen LogP contribution in [0.1, 0.15) is 11.1 Å². The van der Waals surface area contributed by atoms with E-state index in [1.807, 2.05) is 31.2 Å². The number of hydrogen-bond acceptors (Lipinski definition) is 2. The molecular weight excluding hydrogens is 278 g/mol. The molecule has 0 aliphatic rings. The van der Waals surface area contributed by atoms with Gasteiger partial charge in [-0.15, -0.1) is 11.8 Å². The number of aryl methyl sites for hydroxylation is 1. The highest BCUT2D eigenvalue weighted by atomic mass is 32.2. The predicted molar refractivity (Wildman–Crippen MR) is 78.0 cm³/mol. The van der Waals surface area contributed by atoms with Gasteiger partial charge >= 0.3 is 0 Å². The van der Waals surface area contributed by atoms with Crippen LogP contribution in [0, 0.1) is 18.6 Å². The van der Waals surface area contributed by atoms with Gasteiger partial charge in [-0.1, -0.05) is 23.8 Å². The molecule has 1 atom stereocenters. The molecule has 1 nitrogen and oxygen atoms in total. The summed E-state index contributed by atoms with van der Waals surface area (Å²) >= 11 is 1.55. The molecule has 0 amide bonds. The molecule has 1 unspecified atom stereocenters. The number of aliphatic hydroxyl groups excluding tert-OH is 1. The summed E-state index contributed by atoms with van der Waals surface area (Å²) in [5.41, 5.74) is 1.79. The standard InChI is InChI=1S/C16H16F2OS/c1-11-2-5-14(6-3-11)20-10-13(19)8-12-4-7-15(17)16(18)9-12/h2-7,9,13,19H,8,10H2,1H3. The van der Waals surface area contributed by atoms with Crippen molar-refractivity contribution in [3.8, 4) is 0 Å². The highest BCUT2D eigenvalue weighted by Crippen LogP contribution is 2.20. The largest absolute Gasteiger partial charge is 0.392 e. The number of hydrogen-bond donors (Lipinski definition) is 1. The molecule has 0 radical (unpaired) electrons. The van der Waals surface area contributed by atoms with E-state index in [1.165, 1.54) is 11.6 Å². The Morgan fingerprint density at radius 2 is 1.75 bits per heavy atom. The Morgan fingerprint density at radius 3 is 2.40 bits per heavy atom. The van der Waals surface area contributed by atoms with Gasteiger partial charge in [0.2, 0.25) is 0 Å². The highest BCUT2D eigenvalue weighted by Gasteiger charge is 2.09. The van der Waals surface area contributed by atoms with E-state index >= 15 is 0 Å². The first-order chi connectivity index (χ1) is 9.54. The van der Waals surface area contributed by atoms with Gasteiger partial charge in [-0.2, -0.15) is 0 Å². The van der Waals surface area contributed by atoms with Gasteiger partial charge in [-0.05, 0) is 43.2 Å². The Bertz CT molecular complexity index is 569. The van der Waals surface area contributed by atoms with Crippen molar-refractivity contribution in [2.24, 2.45) is 0 Å². The average molecular weight is 294 g/mol. The maximum absolute atomic E-state index is 13.1. The summed E-state index contributed by atoms with van der Waals surface area (Å²) in [7, 11) is 0. The predicted octanol–water partition coefficient (Wildman–Crippen LogP) is 3.97. The fourth-order valence-corrected chi connectivity index (χ4v) is 2.66. The van der Waals surface area contributed by atoms with Crippen molar-refractivity contribution in [2.45, 2.75) is 24.3 Å². The summed E-state index contributed by atoms with van der Waals surface area (Å²) in [6.07, 6.45) is -0.276. The first kappa shape index (κ1) is 15.0. The second-order valence-corrected chi connectivity index (χ2v) is 5.82. The Balaban J connectivity index is 1.87. The van der Waals surface area contributed by atoms with Crippen molar-refractivity contribution < 1.29 is 13.9 Å². The number of halogens is 2. The maximum atomic E-state index is 13.1. The van der Waals surface area contributed by atoms with Gasteiger partial charge in [0, 0.05) is 10.6 Å². The van der Waals surface area contributed by atoms with Gasteiger partial charge in [-0.3, -0.25) is 0 Å². The Kier molecular flexibility index (Phi) is 5.15. The van der Waals surface area contributed by atoms with E-state index in [4.69, 9.17) is 0 Å². The van der Waals surface area contributed by atoms with Gasteiger partial charge in [0.1, 0.15) is 0 Å². The van der Waals surface area contributed by atoms with Crippen LogP contribution in [0.3, 0.4) is 0 Å². The van der Waals surface area contributed by atoms with Crippen molar-refractivity contribution in [3.63, 3.8) is 0 Å². The van der Waals surface area contributed by atoms with E-state index in [-0.39, 0.29) is 0 Å². The van der Waals surface area contributed by atoms with Crippen LogP contribution in [0.15, 0.2) is 47.4 Å². The zero-order chi connectivity index (χ0) is 14.5. The minimum Gasteiger partial charge on any atom is -0.392 e. The molecule has 0 spiro atoms. The van der Waals surface area contributed by atoms with Gasteiger partial charge in [0.25, 0.3) is 0 Å². The smallest absolute Gasteiger partial charge is 0.159 e. The van der Waals surface area contributed by atoms with E-state index in [0.29, 0.717) is 17.7 Å². The third-order valence-corrected chi connectivity index (χ3v) is 4.08. The molecule has 2 rings (SSSR count). The molecule has 0 bridgehead atoms. The van der Waals surface area contributed by atoms with Crippen LogP contribution in [0.4, 0.5) is 8.78 Å². The fraction of sp³-hybridized carbons (Fsp3) is 0.250. The molecule has 0 saturated heterocycles. The lowest BCUT2D eigenvalue weighted by atomic mass is 10.1. The van der Waals surface area contributed by atoms with Crippen LogP contribution in [0.25, 0.3) is 0 Å². The number of rotatable bonds is 5. The van der Waals surface area contributed by atoms with Crippen molar-refractivity contribution in [3.05, 3.63) is 65.2 Å². The minimum absolute atomic E-state index is 0.316. The lowest BCUT2D eigenvalue weighted by Crippen LogP contribution is -2.13. The molecular formula is C16H16F2OS. The Hall–Kier alpha value is -1.39. The SMILES string of the molecule is Cc1ccc(SCC(O)Cc2ccc(F)c(F)c2)cc1. The number of thioether (sulfide) groups is 1. The summed E-state index contributed by atoms with van der Waals surface area (Å²) < 4.78 is 25.9. The fourth-order valence-electron chi connectivity index (χ4n) is 1.82.